The maximum Gasteiger partial charge on any atom is 0.322 e. The molecule has 0 aromatic rings. The zero-order valence-electron chi connectivity index (χ0n) is 9.26. The molecular formula is C9H18O5S. The highest BCUT2D eigenvalue weighted by Gasteiger charge is 2.34. The van der Waals surface area contributed by atoms with Gasteiger partial charge in [0, 0.05) is 6.61 Å². The molecular weight excluding hydrogens is 220 g/mol. The lowest BCUT2D eigenvalue weighted by molar-refractivity contribution is -0.137. The van der Waals surface area contributed by atoms with Crippen LogP contribution in [0.3, 0.4) is 0 Å². The smallest absolute Gasteiger partial charge is 0.322 e. The molecule has 1 unspecified atom stereocenters. The number of carboxylic acids is 1. The number of aliphatic carboxylic acids is 1. The largest absolute Gasteiger partial charge is 0.480 e. The minimum Gasteiger partial charge on any atom is -0.480 e. The number of ether oxygens (including phenoxy) is 1. The van der Waals surface area contributed by atoms with Crippen molar-refractivity contribution in [1.29, 1.82) is 0 Å². The van der Waals surface area contributed by atoms with Gasteiger partial charge in [0.2, 0.25) is 0 Å². The number of rotatable bonds is 7. The van der Waals surface area contributed by atoms with Gasteiger partial charge in [0.1, 0.15) is 0 Å². The van der Waals surface area contributed by atoms with E-state index in [2.05, 4.69) is 0 Å². The standard InChI is InChI=1S/C9H18O5S/c1-4-14-5-6-15(12,13)8(7(2)3)9(10)11/h7-8H,4-6H2,1-3H3,(H,10,11). The zero-order valence-corrected chi connectivity index (χ0v) is 10.1. The number of carbonyl (C=O) groups is 1. The molecule has 1 atom stereocenters. The molecule has 0 spiro atoms. The van der Waals surface area contributed by atoms with Crippen LogP contribution < -0.4 is 0 Å². The second-order valence-corrected chi connectivity index (χ2v) is 5.81. The fourth-order valence-corrected chi connectivity index (χ4v) is 3.04. The predicted octanol–water partition coefficient (Wildman–Crippen LogP) is 0.547. The Morgan fingerprint density at radius 3 is 2.27 bits per heavy atom. The van der Waals surface area contributed by atoms with Crippen molar-refractivity contribution in [2.45, 2.75) is 26.0 Å². The van der Waals surface area contributed by atoms with E-state index in [1.54, 1.807) is 20.8 Å². The lowest BCUT2D eigenvalue weighted by Crippen LogP contribution is -2.37. The first-order chi connectivity index (χ1) is 6.83. The number of hydrogen-bond acceptors (Lipinski definition) is 4. The molecule has 0 rings (SSSR count). The van der Waals surface area contributed by atoms with Crippen LogP contribution >= 0.6 is 0 Å². The van der Waals surface area contributed by atoms with Gasteiger partial charge in [-0.1, -0.05) is 13.8 Å². The van der Waals surface area contributed by atoms with Crippen molar-refractivity contribution in [3.8, 4) is 0 Å². The zero-order chi connectivity index (χ0) is 12.1. The second kappa shape index (κ2) is 6.07. The van der Waals surface area contributed by atoms with Crippen LogP contribution in [0.2, 0.25) is 0 Å². The third kappa shape index (κ3) is 4.61. The van der Waals surface area contributed by atoms with E-state index in [1.165, 1.54) is 0 Å². The Balaban J connectivity index is 4.59. The molecule has 0 amide bonds. The van der Waals surface area contributed by atoms with E-state index in [-0.39, 0.29) is 12.4 Å². The summed E-state index contributed by atoms with van der Waals surface area (Å²) in [5.41, 5.74) is 0. The minimum atomic E-state index is -3.62. The van der Waals surface area contributed by atoms with Gasteiger partial charge in [-0.3, -0.25) is 4.79 Å². The van der Waals surface area contributed by atoms with E-state index in [1.807, 2.05) is 0 Å². The Kier molecular flexibility index (Phi) is 5.82. The Labute approximate surface area is 90.4 Å². The van der Waals surface area contributed by atoms with Crippen LogP contribution in [0.1, 0.15) is 20.8 Å². The van der Waals surface area contributed by atoms with Crippen molar-refractivity contribution < 1.29 is 23.1 Å². The Hall–Kier alpha value is -0.620. The topological polar surface area (TPSA) is 80.7 Å². The normalized spacial score (nSPS) is 14.1. The maximum absolute atomic E-state index is 11.6. The molecule has 0 aliphatic carbocycles. The van der Waals surface area contributed by atoms with Crippen LogP contribution in [-0.2, 0) is 19.4 Å². The molecule has 5 nitrogen and oxygen atoms in total. The van der Waals surface area contributed by atoms with Crippen LogP contribution in [0.25, 0.3) is 0 Å². The van der Waals surface area contributed by atoms with Crippen molar-refractivity contribution in [3.63, 3.8) is 0 Å². The van der Waals surface area contributed by atoms with Crippen molar-refractivity contribution in [2.75, 3.05) is 19.0 Å². The maximum atomic E-state index is 11.6. The minimum absolute atomic E-state index is 0.0509. The van der Waals surface area contributed by atoms with Crippen LogP contribution in [-0.4, -0.2) is 43.7 Å². The fourth-order valence-electron chi connectivity index (χ4n) is 1.30. The van der Waals surface area contributed by atoms with Gasteiger partial charge >= 0.3 is 5.97 Å². The molecule has 0 heterocycles. The second-order valence-electron chi connectivity index (χ2n) is 3.57. The van der Waals surface area contributed by atoms with E-state index in [0.717, 1.165) is 0 Å². The molecule has 0 aromatic heterocycles. The lowest BCUT2D eigenvalue weighted by atomic mass is 10.1. The summed E-state index contributed by atoms with van der Waals surface area (Å²) in [7, 11) is -3.62. The highest BCUT2D eigenvalue weighted by Crippen LogP contribution is 2.13. The summed E-state index contributed by atoms with van der Waals surface area (Å²) in [5, 5.41) is 7.48. The molecule has 0 aliphatic heterocycles. The fraction of sp³-hybridized carbons (Fsp3) is 0.889. The highest BCUT2D eigenvalue weighted by atomic mass is 32.2. The third-order valence-corrected chi connectivity index (χ3v) is 4.21. The first-order valence-corrected chi connectivity index (χ1v) is 6.56. The molecule has 0 bridgehead atoms. The van der Waals surface area contributed by atoms with Gasteiger partial charge in [-0.15, -0.1) is 0 Å². The number of hydrogen-bond donors (Lipinski definition) is 1. The molecule has 0 saturated heterocycles. The van der Waals surface area contributed by atoms with Crippen LogP contribution in [0.15, 0.2) is 0 Å². The molecule has 0 aliphatic rings. The van der Waals surface area contributed by atoms with Gasteiger partial charge < -0.3 is 9.84 Å². The van der Waals surface area contributed by atoms with Crippen molar-refractivity contribution in [2.24, 2.45) is 5.92 Å². The SMILES string of the molecule is CCOCCS(=O)(=O)C(C(=O)O)C(C)C. The van der Waals surface area contributed by atoms with Gasteiger partial charge in [0.15, 0.2) is 15.1 Å². The van der Waals surface area contributed by atoms with Gasteiger partial charge in [-0.2, -0.15) is 0 Å². The van der Waals surface area contributed by atoms with Gasteiger partial charge in [0.25, 0.3) is 0 Å². The van der Waals surface area contributed by atoms with Gasteiger partial charge in [0.05, 0.1) is 12.4 Å². The first kappa shape index (κ1) is 14.4. The van der Waals surface area contributed by atoms with E-state index in [0.29, 0.717) is 6.61 Å². The summed E-state index contributed by atoms with van der Waals surface area (Å²) >= 11 is 0. The van der Waals surface area contributed by atoms with Crippen LogP contribution in [0, 0.1) is 5.92 Å². The first-order valence-electron chi connectivity index (χ1n) is 4.85. The molecule has 0 radical (unpaired) electrons. The molecule has 1 N–H and O–H groups in total. The van der Waals surface area contributed by atoms with Gasteiger partial charge in [-0.05, 0) is 12.8 Å². The summed E-state index contributed by atoms with van der Waals surface area (Å²) in [4.78, 5) is 10.8. The summed E-state index contributed by atoms with van der Waals surface area (Å²) in [6.45, 7) is 5.39. The molecule has 6 heteroatoms. The Bertz CT molecular complexity index is 294. The summed E-state index contributed by atoms with van der Waals surface area (Å²) in [6.07, 6.45) is 0. The van der Waals surface area contributed by atoms with E-state index in [4.69, 9.17) is 9.84 Å². The quantitative estimate of drug-likeness (QED) is 0.655. The summed E-state index contributed by atoms with van der Waals surface area (Å²) < 4.78 is 28.2. The van der Waals surface area contributed by atoms with E-state index in [9.17, 15) is 13.2 Å². The molecule has 0 saturated carbocycles. The van der Waals surface area contributed by atoms with E-state index >= 15 is 0 Å². The molecule has 0 fully saturated rings. The lowest BCUT2D eigenvalue weighted by Gasteiger charge is -2.16. The predicted molar refractivity (Wildman–Crippen MR) is 56.5 cm³/mol. The summed E-state index contributed by atoms with van der Waals surface area (Å²) in [6, 6.07) is 0. The van der Waals surface area contributed by atoms with Crippen LogP contribution in [0.5, 0.6) is 0 Å². The van der Waals surface area contributed by atoms with Crippen molar-refractivity contribution >= 4 is 15.8 Å². The van der Waals surface area contributed by atoms with Crippen LogP contribution in [0.4, 0.5) is 0 Å². The van der Waals surface area contributed by atoms with E-state index < -0.39 is 27.0 Å². The molecule has 90 valence electrons. The Morgan fingerprint density at radius 1 is 1.40 bits per heavy atom. The van der Waals surface area contributed by atoms with Crippen molar-refractivity contribution in [1.82, 2.24) is 0 Å². The summed E-state index contributed by atoms with van der Waals surface area (Å²) in [5.74, 6) is -1.97. The van der Waals surface area contributed by atoms with Crippen molar-refractivity contribution in [3.05, 3.63) is 0 Å². The number of sulfone groups is 1. The molecule has 15 heavy (non-hydrogen) atoms. The highest BCUT2D eigenvalue weighted by molar-refractivity contribution is 7.92. The van der Waals surface area contributed by atoms with Gasteiger partial charge in [-0.25, -0.2) is 8.42 Å². The average molecular weight is 238 g/mol. The number of carboxylic acid groups (broad SMARTS) is 1. The monoisotopic (exact) mass is 238 g/mol. The average Bonchev–Trinajstić information content (AvgIpc) is 2.01. The third-order valence-electron chi connectivity index (χ3n) is 1.95. The Morgan fingerprint density at radius 2 is 1.93 bits per heavy atom. The molecule has 0 aromatic carbocycles.